The number of rotatable bonds is 4. The van der Waals surface area contributed by atoms with Crippen LogP contribution < -0.4 is 4.90 Å². The van der Waals surface area contributed by atoms with Crippen LogP contribution in [0.25, 0.3) is 0 Å². The van der Waals surface area contributed by atoms with Crippen molar-refractivity contribution in [2.45, 2.75) is 52.4 Å². The lowest BCUT2D eigenvalue weighted by atomic mass is 9.73. The predicted octanol–water partition coefficient (Wildman–Crippen LogP) is 2.11. The predicted molar refractivity (Wildman–Crippen MR) is 97.6 cm³/mol. The van der Waals surface area contributed by atoms with Gasteiger partial charge in [0.05, 0.1) is 6.61 Å². The van der Waals surface area contributed by atoms with Crippen LogP contribution in [0.1, 0.15) is 57.0 Å². The molecule has 1 aromatic rings. The Kier molecular flexibility index (Phi) is 5.27. The Morgan fingerprint density at radius 2 is 2.08 bits per heavy atom. The summed E-state index contributed by atoms with van der Waals surface area (Å²) in [6, 6.07) is 2.12. The van der Waals surface area contributed by atoms with Gasteiger partial charge in [-0.2, -0.15) is 0 Å². The van der Waals surface area contributed by atoms with Crippen LogP contribution in [0.3, 0.4) is 0 Å². The van der Waals surface area contributed by atoms with Gasteiger partial charge in [-0.25, -0.2) is 9.97 Å². The minimum atomic E-state index is 0.0361. The van der Waals surface area contributed by atoms with Crippen molar-refractivity contribution in [1.82, 2.24) is 14.9 Å². The summed E-state index contributed by atoms with van der Waals surface area (Å²) in [7, 11) is 0. The number of carbonyl (C=O) groups excluding carboxylic acids is 1. The van der Waals surface area contributed by atoms with E-state index in [2.05, 4.69) is 34.8 Å². The van der Waals surface area contributed by atoms with Gasteiger partial charge in [0, 0.05) is 49.8 Å². The molecule has 0 saturated carbocycles. The van der Waals surface area contributed by atoms with Crippen LogP contribution in [0.4, 0.5) is 5.82 Å². The molecule has 1 amide bonds. The number of aliphatic hydroxyl groups is 1. The van der Waals surface area contributed by atoms with Crippen molar-refractivity contribution in [1.29, 1.82) is 0 Å². The first-order valence-electron chi connectivity index (χ1n) is 9.42. The van der Waals surface area contributed by atoms with Crippen LogP contribution in [-0.2, 0) is 4.79 Å². The van der Waals surface area contributed by atoms with Crippen LogP contribution in [0.15, 0.2) is 6.07 Å². The number of anilines is 1. The molecule has 0 aliphatic carbocycles. The van der Waals surface area contributed by atoms with Gasteiger partial charge in [-0.05, 0) is 32.1 Å². The molecule has 2 aliphatic rings. The number of aryl methyl sites for hydroxylation is 1. The SMILES string of the molecule is Cc1nc(C(C)C)cc(N2CCC[C@]3(CCC(=O)N(CCO)C3)C2)n1. The Morgan fingerprint density at radius 3 is 2.80 bits per heavy atom. The first kappa shape index (κ1) is 18.1. The van der Waals surface area contributed by atoms with Crippen molar-refractivity contribution < 1.29 is 9.90 Å². The maximum Gasteiger partial charge on any atom is 0.222 e. The van der Waals surface area contributed by atoms with Gasteiger partial charge in [-0.15, -0.1) is 0 Å². The lowest BCUT2D eigenvalue weighted by Crippen LogP contribution is -2.54. The fraction of sp³-hybridized carbons (Fsp3) is 0.737. The average Bonchev–Trinajstić information content (AvgIpc) is 2.58. The molecule has 6 nitrogen and oxygen atoms in total. The van der Waals surface area contributed by atoms with Gasteiger partial charge in [0.2, 0.25) is 5.91 Å². The zero-order valence-electron chi connectivity index (χ0n) is 15.7. The summed E-state index contributed by atoms with van der Waals surface area (Å²) in [5.41, 5.74) is 1.21. The summed E-state index contributed by atoms with van der Waals surface area (Å²) in [5, 5.41) is 9.24. The highest BCUT2D eigenvalue weighted by molar-refractivity contribution is 5.77. The number of piperidine rings is 2. The van der Waals surface area contributed by atoms with Crippen LogP contribution in [-0.4, -0.2) is 58.7 Å². The topological polar surface area (TPSA) is 69.6 Å². The molecule has 25 heavy (non-hydrogen) atoms. The fourth-order valence-corrected chi connectivity index (χ4v) is 4.20. The molecule has 3 heterocycles. The zero-order valence-corrected chi connectivity index (χ0v) is 15.7. The summed E-state index contributed by atoms with van der Waals surface area (Å²) in [6.07, 6.45) is 3.78. The van der Waals surface area contributed by atoms with E-state index >= 15 is 0 Å². The Hall–Kier alpha value is -1.69. The van der Waals surface area contributed by atoms with Crippen LogP contribution in [0.2, 0.25) is 0 Å². The average molecular weight is 346 g/mol. The van der Waals surface area contributed by atoms with Gasteiger partial charge >= 0.3 is 0 Å². The van der Waals surface area contributed by atoms with Crippen molar-refractivity contribution >= 4 is 11.7 Å². The third-order valence-corrected chi connectivity index (χ3v) is 5.54. The van der Waals surface area contributed by atoms with Crippen molar-refractivity contribution in [3.8, 4) is 0 Å². The van der Waals surface area contributed by atoms with Crippen molar-refractivity contribution in [2.24, 2.45) is 5.41 Å². The van der Waals surface area contributed by atoms with E-state index in [1.165, 1.54) is 0 Å². The molecule has 1 aromatic heterocycles. The minimum absolute atomic E-state index is 0.0361. The smallest absolute Gasteiger partial charge is 0.222 e. The highest BCUT2D eigenvalue weighted by Gasteiger charge is 2.41. The van der Waals surface area contributed by atoms with Gasteiger partial charge in [-0.1, -0.05) is 13.8 Å². The van der Waals surface area contributed by atoms with E-state index in [9.17, 15) is 9.90 Å². The molecule has 138 valence electrons. The third-order valence-electron chi connectivity index (χ3n) is 5.54. The molecule has 6 heteroatoms. The quantitative estimate of drug-likeness (QED) is 0.904. The molecule has 0 unspecified atom stereocenters. The van der Waals surface area contributed by atoms with E-state index < -0.39 is 0 Å². The zero-order chi connectivity index (χ0) is 18.0. The van der Waals surface area contributed by atoms with Gasteiger partial charge in [0.1, 0.15) is 11.6 Å². The number of aromatic nitrogens is 2. The van der Waals surface area contributed by atoms with Gasteiger partial charge in [0.15, 0.2) is 0 Å². The number of hydrogen-bond acceptors (Lipinski definition) is 5. The lowest BCUT2D eigenvalue weighted by Gasteiger charge is -2.48. The van der Waals surface area contributed by atoms with Crippen molar-refractivity contribution in [3.63, 3.8) is 0 Å². The van der Waals surface area contributed by atoms with Crippen molar-refractivity contribution in [2.75, 3.05) is 37.7 Å². The Bertz CT molecular complexity index is 634. The second-order valence-corrected chi connectivity index (χ2v) is 7.92. The van der Waals surface area contributed by atoms with E-state index in [1.807, 2.05) is 11.8 Å². The molecular formula is C19H30N4O2. The first-order chi connectivity index (χ1) is 11.9. The van der Waals surface area contributed by atoms with E-state index in [0.717, 1.165) is 56.2 Å². The van der Waals surface area contributed by atoms with Gasteiger partial charge < -0.3 is 14.9 Å². The van der Waals surface area contributed by atoms with Crippen LogP contribution in [0, 0.1) is 12.3 Å². The summed E-state index contributed by atoms with van der Waals surface area (Å²) in [4.78, 5) is 25.6. The largest absolute Gasteiger partial charge is 0.395 e. The minimum Gasteiger partial charge on any atom is -0.395 e. The molecule has 0 radical (unpaired) electrons. The van der Waals surface area contributed by atoms with E-state index in [4.69, 9.17) is 0 Å². The monoisotopic (exact) mass is 346 g/mol. The molecular weight excluding hydrogens is 316 g/mol. The number of hydrogen-bond donors (Lipinski definition) is 1. The fourth-order valence-electron chi connectivity index (χ4n) is 4.20. The molecule has 0 bridgehead atoms. The van der Waals surface area contributed by atoms with E-state index in [0.29, 0.717) is 18.9 Å². The number of likely N-dealkylation sites (tertiary alicyclic amines) is 1. The molecule has 2 aliphatic heterocycles. The number of aliphatic hydroxyl groups excluding tert-OH is 1. The maximum absolute atomic E-state index is 12.1. The molecule has 1 atom stereocenters. The van der Waals surface area contributed by atoms with Crippen molar-refractivity contribution in [3.05, 3.63) is 17.6 Å². The summed E-state index contributed by atoms with van der Waals surface area (Å²) >= 11 is 0. The third kappa shape index (κ3) is 3.94. The Morgan fingerprint density at radius 1 is 1.28 bits per heavy atom. The number of nitrogens with zero attached hydrogens (tertiary/aromatic N) is 4. The van der Waals surface area contributed by atoms with Gasteiger partial charge in [-0.3, -0.25) is 4.79 Å². The summed E-state index contributed by atoms with van der Waals surface area (Å²) < 4.78 is 0. The molecule has 0 aromatic carbocycles. The number of carbonyl (C=O) groups is 1. The Balaban J connectivity index is 1.80. The maximum atomic E-state index is 12.1. The number of amides is 1. The highest BCUT2D eigenvalue weighted by Crippen LogP contribution is 2.40. The first-order valence-corrected chi connectivity index (χ1v) is 9.42. The number of β-amino-alcohol motifs (C(OH)–C–C–N with tert-alkyl or cyclic N) is 1. The second-order valence-electron chi connectivity index (χ2n) is 7.92. The van der Waals surface area contributed by atoms with Gasteiger partial charge in [0.25, 0.3) is 0 Å². The highest BCUT2D eigenvalue weighted by atomic mass is 16.3. The molecule has 1 spiro atoms. The van der Waals surface area contributed by atoms with Crippen LogP contribution in [0.5, 0.6) is 0 Å². The standard InChI is InChI=1S/C19H30N4O2/c1-14(2)16-11-17(21-15(3)20-16)22-8-4-6-19(12-22)7-5-18(25)23(13-19)9-10-24/h11,14,24H,4-10,12-13H2,1-3H3/t19-/m0/s1. The van der Waals surface area contributed by atoms with E-state index in [-0.39, 0.29) is 17.9 Å². The Labute approximate surface area is 150 Å². The normalized spacial score (nSPS) is 24.4. The summed E-state index contributed by atoms with van der Waals surface area (Å²) in [6.45, 7) is 9.44. The lowest BCUT2D eigenvalue weighted by molar-refractivity contribution is -0.138. The molecule has 1 N–H and O–H groups in total. The van der Waals surface area contributed by atoms with Crippen LogP contribution >= 0.6 is 0 Å². The summed E-state index contributed by atoms with van der Waals surface area (Å²) in [5.74, 6) is 2.39. The molecule has 2 saturated heterocycles. The molecule has 2 fully saturated rings. The second kappa shape index (κ2) is 7.28. The molecule has 3 rings (SSSR count). The van der Waals surface area contributed by atoms with E-state index in [1.54, 1.807) is 0 Å².